The summed E-state index contributed by atoms with van der Waals surface area (Å²) in [6.45, 7) is 4.00. The quantitative estimate of drug-likeness (QED) is 0.324. The summed E-state index contributed by atoms with van der Waals surface area (Å²) in [6.07, 6.45) is 2.58. The lowest BCUT2D eigenvalue weighted by molar-refractivity contribution is 0.0928. The Bertz CT molecular complexity index is 1260. The van der Waals surface area contributed by atoms with Gasteiger partial charge in [0.25, 0.3) is 5.91 Å². The van der Waals surface area contributed by atoms with E-state index in [0.717, 1.165) is 42.7 Å². The van der Waals surface area contributed by atoms with Crippen molar-refractivity contribution in [2.24, 2.45) is 5.92 Å². The lowest BCUT2D eigenvalue weighted by Crippen LogP contribution is -2.34. The summed E-state index contributed by atoms with van der Waals surface area (Å²) in [5.41, 5.74) is 3.99. The molecular formula is C28H32Cl2N4O4. The van der Waals surface area contributed by atoms with Crippen LogP contribution in [0.4, 0.5) is 5.69 Å². The molecule has 1 aliphatic heterocycles. The van der Waals surface area contributed by atoms with E-state index in [1.165, 1.54) is 0 Å². The number of aliphatic hydroxyl groups is 1. The normalized spacial score (nSPS) is 14.1. The number of aromatic nitrogens is 2. The molecule has 2 heterocycles. The van der Waals surface area contributed by atoms with Crippen LogP contribution in [0.15, 0.2) is 36.4 Å². The van der Waals surface area contributed by atoms with Crippen LogP contribution in [-0.4, -0.2) is 59.4 Å². The van der Waals surface area contributed by atoms with Crippen molar-refractivity contribution in [1.82, 2.24) is 15.3 Å². The Morgan fingerprint density at radius 2 is 1.76 bits per heavy atom. The predicted octanol–water partition coefficient (Wildman–Crippen LogP) is 4.79. The van der Waals surface area contributed by atoms with Gasteiger partial charge in [0.2, 0.25) is 0 Å². The largest absolute Gasteiger partial charge is 0.504 e. The highest BCUT2D eigenvalue weighted by Crippen LogP contribution is 2.33. The summed E-state index contributed by atoms with van der Waals surface area (Å²) in [4.78, 5) is 23.6. The number of rotatable bonds is 9. The zero-order chi connectivity index (χ0) is 27.2. The molecule has 0 radical (unpaired) electrons. The smallest absolute Gasteiger partial charge is 0.273 e. The number of aryl methyl sites for hydroxylation is 1. The molecule has 2 aromatic carbocycles. The number of aromatic hydroxyl groups is 1. The van der Waals surface area contributed by atoms with Gasteiger partial charge in [-0.25, -0.2) is 9.97 Å². The molecule has 10 heteroatoms. The highest BCUT2D eigenvalue weighted by Gasteiger charge is 2.23. The van der Waals surface area contributed by atoms with Gasteiger partial charge in [0.05, 0.1) is 18.9 Å². The van der Waals surface area contributed by atoms with Crippen LogP contribution in [0, 0.1) is 12.8 Å². The maximum absolute atomic E-state index is 12.5. The van der Waals surface area contributed by atoms with E-state index < -0.39 is 5.91 Å². The van der Waals surface area contributed by atoms with E-state index in [-0.39, 0.29) is 18.1 Å². The number of hydrogen-bond acceptors (Lipinski definition) is 7. The minimum atomic E-state index is -0.432. The Balaban J connectivity index is 1.37. The molecule has 4 rings (SSSR count). The van der Waals surface area contributed by atoms with Gasteiger partial charge < -0.3 is 25.2 Å². The maximum Gasteiger partial charge on any atom is 0.273 e. The Kier molecular flexibility index (Phi) is 9.44. The van der Waals surface area contributed by atoms with Crippen LogP contribution in [0.25, 0.3) is 11.1 Å². The Morgan fingerprint density at radius 1 is 1.11 bits per heavy atom. The van der Waals surface area contributed by atoms with Gasteiger partial charge in [0.15, 0.2) is 11.4 Å². The van der Waals surface area contributed by atoms with Gasteiger partial charge in [-0.2, -0.15) is 0 Å². The maximum atomic E-state index is 12.5. The summed E-state index contributed by atoms with van der Waals surface area (Å²) in [6, 6.07) is 11.9. The molecule has 38 heavy (non-hydrogen) atoms. The number of hydrogen-bond donors (Lipinski definition) is 3. The second-order valence-electron chi connectivity index (χ2n) is 9.43. The third kappa shape index (κ3) is 6.56. The molecule has 0 aliphatic carbocycles. The second kappa shape index (κ2) is 12.8. The van der Waals surface area contributed by atoms with E-state index in [1.54, 1.807) is 14.0 Å². The standard InChI is InChI=1S/C28H32Cl2N4O4/c1-17-27(36)26(28(37)31-9-12-38-2)33-25(32-17)13-18-7-10-34(11-8-18)21-5-3-19(4-6-21)20-14-23(29)22(16-35)24(30)15-20/h3-6,14-15,18,35-36H,7-13,16H2,1-2H3,(H,31,37). The number of nitrogens with zero attached hydrogens (tertiary/aromatic N) is 3. The Morgan fingerprint density at radius 3 is 2.37 bits per heavy atom. The third-order valence-electron chi connectivity index (χ3n) is 6.86. The van der Waals surface area contributed by atoms with Gasteiger partial charge in [-0.1, -0.05) is 35.3 Å². The molecule has 0 saturated carbocycles. The minimum absolute atomic E-state index is 0.00899. The van der Waals surface area contributed by atoms with Crippen LogP contribution in [0.3, 0.4) is 0 Å². The minimum Gasteiger partial charge on any atom is -0.504 e. The molecule has 3 N–H and O–H groups in total. The molecule has 0 atom stereocenters. The van der Waals surface area contributed by atoms with Crippen LogP contribution in [-0.2, 0) is 17.8 Å². The monoisotopic (exact) mass is 558 g/mol. The van der Waals surface area contributed by atoms with Crippen LogP contribution >= 0.6 is 23.2 Å². The van der Waals surface area contributed by atoms with Crippen molar-refractivity contribution in [3.63, 3.8) is 0 Å². The van der Waals surface area contributed by atoms with Crippen molar-refractivity contribution in [1.29, 1.82) is 0 Å². The lowest BCUT2D eigenvalue weighted by Gasteiger charge is -2.33. The molecule has 3 aromatic rings. The fraction of sp³-hybridized carbons (Fsp3) is 0.393. The topological polar surface area (TPSA) is 108 Å². The van der Waals surface area contributed by atoms with Gasteiger partial charge >= 0.3 is 0 Å². The first kappa shape index (κ1) is 28.1. The first-order chi connectivity index (χ1) is 18.3. The third-order valence-corrected chi connectivity index (χ3v) is 7.54. The van der Waals surface area contributed by atoms with E-state index in [9.17, 15) is 15.0 Å². The van der Waals surface area contributed by atoms with Gasteiger partial charge in [-0.15, -0.1) is 0 Å². The van der Waals surface area contributed by atoms with Crippen LogP contribution in [0.1, 0.15) is 40.4 Å². The van der Waals surface area contributed by atoms with Crippen molar-refractivity contribution in [3.05, 3.63) is 69.2 Å². The van der Waals surface area contributed by atoms with E-state index in [0.29, 0.717) is 52.6 Å². The summed E-state index contributed by atoms with van der Waals surface area (Å²) in [5, 5.41) is 23.3. The molecular weight excluding hydrogens is 527 g/mol. The van der Waals surface area contributed by atoms with E-state index in [2.05, 4.69) is 32.3 Å². The molecule has 1 fully saturated rings. The molecule has 0 bridgehead atoms. The van der Waals surface area contributed by atoms with E-state index in [4.69, 9.17) is 27.9 Å². The number of ether oxygens (including phenoxy) is 1. The number of nitrogens with one attached hydrogen (secondary N) is 1. The van der Waals surface area contributed by atoms with Crippen molar-refractivity contribution in [2.45, 2.75) is 32.8 Å². The number of piperidine rings is 1. The fourth-order valence-electron chi connectivity index (χ4n) is 4.66. The SMILES string of the molecule is COCCNC(=O)c1nc(CC2CCN(c3ccc(-c4cc(Cl)c(CO)c(Cl)c4)cc3)CC2)nc(C)c1O. The number of carbonyl (C=O) groups is 1. The summed E-state index contributed by atoms with van der Waals surface area (Å²) in [5.74, 6) is 0.340. The molecule has 1 aliphatic rings. The number of anilines is 1. The second-order valence-corrected chi connectivity index (χ2v) is 10.2. The molecule has 0 spiro atoms. The number of methoxy groups -OCH3 is 1. The number of aliphatic hydroxyl groups excluding tert-OH is 1. The van der Waals surface area contributed by atoms with E-state index >= 15 is 0 Å². The molecule has 1 amide bonds. The summed E-state index contributed by atoms with van der Waals surface area (Å²) in [7, 11) is 1.56. The molecule has 1 aromatic heterocycles. The van der Waals surface area contributed by atoms with Crippen LogP contribution < -0.4 is 10.2 Å². The number of carbonyl (C=O) groups excluding carboxylic acids is 1. The fourth-order valence-corrected chi connectivity index (χ4v) is 5.27. The Labute approximate surface area is 232 Å². The van der Waals surface area contributed by atoms with Crippen molar-refractivity contribution in [3.8, 4) is 16.9 Å². The first-order valence-electron chi connectivity index (χ1n) is 12.6. The van der Waals surface area contributed by atoms with Gasteiger partial charge in [-0.05, 0) is 61.1 Å². The average molecular weight is 559 g/mol. The van der Waals surface area contributed by atoms with Gasteiger partial charge in [0.1, 0.15) is 5.82 Å². The zero-order valence-electron chi connectivity index (χ0n) is 21.5. The van der Waals surface area contributed by atoms with Crippen molar-refractivity contribution in [2.75, 3.05) is 38.3 Å². The highest BCUT2D eigenvalue weighted by atomic mass is 35.5. The molecule has 1 saturated heterocycles. The van der Waals surface area contributed by atoms with Gasteiger partial charge in [-0.3, -0.25) is 4.79 Å². The van der Waals surface area contributed by atoms with Crippen molar-refractivity contribution >= 4 is 34.8 Å². The lowest BCUT2D eigenvalue weighted by atomic mass is 9.92. The molecule has 202 valence electrons. The number of halogens is 2. The van der Waals surface area contributed by atoms with Crippen molar-refractivity contribution < 1.29 is 19.7 Å². The number of benzene rings is 2. The average Bonchev–Trinajstić information content (AvgIpc) is 2.91. The van der Waals surface area contributed by atoms with E-state index in [1.807, 2.05) is 24.3 Å². The molecule has 0 unspecified atom stereocenters. The predicted molar refractivity (Wildman–Crippen MR) is 149 cm³/mol. The Hall–Kier alpha value is -2.91. The summed E-state index contributed by atoms with van der Waals surface area (Å²) >= 11 is 12.6. The molecule has 8 nitrogen and oxygen atoms in total. The first-order valence-corrected chi connectivity index (χ1v) is 13.3. The number of amides is 1. The highest BCUT2D eigenvalue weighted by molar-refractivity contribution is 6.36. The van der Waals surface area contributed by atoms with Gasteiger partial charge in [0, 0.05) is 54.5 Å². The summed E-state index contributed by atoms with van der Waals surface area (Å²) < 4.78 is 4.96. The zero-order valence-corrected chi connectivity index (χ0v) is 23.0. The van der Waals surface area contributed by atoms with Crippen LogP contribution in [0.2, 0.25) is 10.0 Å². The van der Waals surface area contributed by atoms with Crippen LogP contribution in [0.5, 0.6) is 5.75 Å².